The number of hydrogen-bond acceptors (Lipinski definition) is 4. The number of anilines is 1. The quantitative estimate of drug-likeness (QED) is 0.785. The SMILES string of the molecule is CCN(CC)CCNS(=O)(=O)c1ccc2c(c1)C(C)(C)CC(=O)N2. The summed E-state index contributed by atoms with van der Waals surface area (Å²) in [4.78, 5) is 14.1. The maximum atomic E-state index is 12.5. The van der Waals surface area contributed by atoms with E-state index in [1.807, 2.05) is 13.8 Å². The van der Waals surface area contributed by atoms with Crippen molar-refractivity contribution < 1.29 is 13.2 Å². The molecule has 0 radical (unpaired) electrons. The van der Waals surface area contributed by atoms with Crippen LogP contribution in [0.2, 0.25) is 0 Å². The number of likely N-dealkylation sites (N-methyl/N-ethyl adjacent to an activating group) is 1. The zero-order chi connectivity index (χ0) is 18.0. The van der Waals surface area contributed by atoms with Crippen molar-refractivity contribution in [1.29, 1.82) is 0 Å². The predicted octanol–water partition coefficient (Wildman–Crippen LogP) is 1.93. The predicted molar refractivity (Wildman–Crippen MR) is 95.7 cm³/mol. The van der Waals surface area contributed by atoms with Crippen molar-refractivity contribution in [3.05, 3.63) is 23.8 Å². The van der Waals surface area contributed by atoms with Gasteiger partial charge in [0.15, 0.2) is 0 Å². The van der Waals surface area contributed by atoms with Crippen molar-refractivity contribution in [2.24, 2.45) is 0 Å². The lowest BCUT2D eigenvalue weighted by Gasteiger charge is -2.32. The Labute approximate surface area is 144 Å². The first-order valence-electron chi connectivity index (χ1n) is 8.36. The van der Waals surface area contributed by atoms with Crippen LogP contribution in [0.25, 0.3) is 0 Å². The lowest BCUT2D eigenvalue weighted by atomic mass is 9.78. The van der Waals surface area contributed by atoms with Gasteiger partial charge >= 0.3 is 0 Å². The van der Waals surface area contributed by atoms with E-state index in [1.165, 1.54) is 0 Å². The number of amides is 1. The molecule has 0 saturated carbocycles. The largest absolute Gasteiger partial charge is 0.326 e. The van der Waals surface area contributed by atoms with E-state index in [1.54, 1.807) is 18.2 Å². The molecule has 2 N–H and O–H groups in total. The highest BCUT2D eigenvalue weighted by atomic mass is 32.2. The van der Waals surface area contributed by atoms with Crippen LogP contribution in [0.4, 0.5) is 5.69 Å². The molecule has 0 bridgehead atoms. The van der Waals surface area contributed by atoms with Gasteiger partial charge in [-0.1, -0.05) is 27.7 Å². The smallest absolute Gasteiger partial charge is 0.240 e. The number of benzene rings is 1. The Morgan fingerprint density at radius 1 is 1.25 bits per heavy atom. The normalized spacial score (nSPS) is 16.8. The lowest BCUT2D eigenvalue weighted by molar-refractivity contribution is -0.117. The zero-order valence-corrected chi connectivity index (χ0v) is 15.7. The number of nitrogens with zero attached hydrogens (tertiary/aromatic N) is 1. The molecule has 134 valence electrons. The summed E-state index contributed by atoms with van der Waals surface area (Å²) in [5, 5.41) is 2.81. The van der Waals surface area contributed by atoms with Gasteiger partial charge in [-0.3, -0.25) is 4.79 Å². The highest BCUT2D eigenvalue weighted by molar-refractivity contribution is 7.89. The van der Waals surface area contributed by atoms with Crippen LogP contribution in [0.1, 0.15) is 39.7 Å². The molecule has 0 atom stereocenters. The van der Waals surface area contributed by atoms with Crippen LogP contribution in [-0.4, -0.2) is 45.4 Å². The molecule has 24 heavy (non-hydrogen) atoms. The standard InChI is InChI=1S/C17H27N3O3S/c1-5-20(6-2)10-9-18-24(22,23)13-7-8-15-14(11-13)17(3,4)12-16(21)19-15/h7-8,11,18H,5-6,9-10,12H2,1-4H3,(H,19,21). The third kappa shape index (κ3) is 4.15. The molecule has 0 aliphatic carbocycles. The van der Waals surface area contributed by atoms with Crippen LogP contribution in [0.3, 0.4) is 0 Å². The average molecular weight is 353 g/mol. The van der Waals surface area contributed by atoms with E-state index in [0.717, 1.165) is 18.7 Å². The van der Waals surface area contributed by atoms with Crippen LogP contribution in [0, 0.1) is 0 Å². The number of nitrogens with one attached hydrogen (secondary N) is 2. The minimum Gasteiger partial charge on any atom is -0.326 e. The Morgan fingerprint density at radius 3 is 2.54 bits per heavy atom. The second-order valence-corrected chi connectivity index (χ2v) is 8.51. The minimum atomic E-state index is -3.56. The zero-order valence-electron chi connectivity index (χ0n) is 14.8. The number of sulfonamides is 1. The van der Waals surface area contributed by atoms with Gasteiger partial charge in [-0.25, -0.2) is 13.1 Å². The molecule has 0 fully saturated rings. The van der Waals surface area contributed by atoms with E-state index in [0.29, 0.717) is 25.2 Å². The van der Waals surface area contributed by atoms with Crippen LogP contribution in [0.5, 0.6) is 0 Å². The second-order valence-electron chi connectivity index (χ2n) is 6.74. The van der Waals surface area contributed by atoms with Crippen LogP contribution >= 0.6 is 0 Å². The van der Waals surface area contributed by atoms with Gasteiger partial charge < -0.3 is 10.2 Å². The molecular formula is C17H27N3O3S. The highest BCUT2D eigenvalue weighted by Crippen LogP contribution is 2.38. The number of rotatable bonds is 7. The fourth-order valence-electron chi connectivity index (χ4n) is 3.01. The second kappa shape index (κ2) is 7.21. The van der Waals surface area contributed by atoms with Crippen LogP contribution < -0.4 is 10.0 Å². The van der Waals surface area contributed by atoms with Crippen LogP contribution in [0.15, 0.2) is 23.1 Å². The van der Waals surface area contributed by atoms with Gasteiger partial charge in [-0.05, 0) is 36.9 Å². The summed E-state index contributed by atoms with van der Waals surface area (Å²) in [6.07, 6.45) is 0.346. The first-order valence-corrected chi connectivity index (χ1v) is 9.84. The summed E-state index contributed by atoms with van der Waals surface area (Å²) in [5.41, 5.74) is 1.16. The van der Waals surface area contributed by atoms with Crippen molar-refractivity contribution >= 4 is 21.6 Å². The fourth-order valence-corrected chi connectivity index (χ4v) is 4.06. The minimum absolute atomic E-state index is 0.0412. The highest BCUT2D eigenvalue weighted by Gasteiger charge is 2.33. The Balaban J connectivity index is 2.19. The summed E-state index contributed by atoms with van der Waals surface area (Å²) in [6, 6.07) is 4.89. The third-order valence-corrected chi connectivity index (χ3v) is 5.98. The van der Waals surface area contributed by atoms with E-state index in [4.69, 9.17) is 0 Å². The Morgan fingerprint density at radius 2 is 1.92 bits per heavy atom. The molecule has 1 aromatic carbocycles. The van der Waals surface area contributed by atoms with Crippen molar-refractivity contribution in [2.75, 3.05) is 31.5 Å². The van der Waals surface area contributed by atoms with Gasteiger partial charge in [0.1, 0.15) is 0 Å². The van der Waals surface area contributed by atoms with E-state index in [2.05, 4.69) is 28.8 Å². The average Bonchev–Trinajstić information content (AvgIpc) is 2.50. The topological polar surface area (TPSA) is 78.5 Å². The summed E-state index contributed by atoms with van der Waals surface area (Å²) in [6.45, 7) is 10.9. The van der Waals surface area contributed by atoms with E-state index in [9.17, 15) is 13.2 Å². The Bertz CT molecular complexity index is 710. The first kappa shape index (κ1) is 18.9. The van der Waals surface area contributed by atoms with Crippen LogP contribution in [-0.2, 0) is 20.2 Å². The van der Waals surface area contributed by atoms with Crippen molar-refractivity contribution in [1.82, 2.24) is 9.62 Å². The fraction of sp³-hybridized carbons (Fsp3) is 0.588. The van der Waals surface area contributed by atoms with E-state index < -0.39 is 10.0 Å². The van der Waals surface area contributed by atoms with Crippen molar-refractivity contribution in [3.63, 3.8) is 0 Å². The van der Waals surface area contributed by atoms with Gasteiger partial charge in [-0.2, -0.15) is 0 Å². The molecule has 1 aromatic rings. The maximum absolute atomic E-state index is 12.5. The summed E-state index contributed by atoms with van der Waals surface area (Å²) >= 11 is 0. The number of carbonyl (C=O) groups is 1. The summed E-state index contributed by atoms with van der Waals surface area (Å²) in [7, 11) is -3.56. The number of carbonyl (C=O) groups excluding carboxylic acids is 1. The van der Waals surface area contributed by atoms with Gasteiger partial charge in [0.25, 0.3) is 0 Å². The van der Waals surface area contributed by atoms with E-state index >= 15 is 0 Å². The molecule has 0 saturated heterocycles. The van der Waals surface area contributed by atoms with Crippen molar-refractivity contribution in [3.8, 4) is 0 Å². The van der Waals surface area contributed by atoms with Gasteiger partial charge in [0.05, 0.1) is 4.90 Å². The molecule has 6 nitrogen and oxygen atoms in total. The van der Waals surface area contributed by atoms with E-state index in [-0.39, 0.29) is 16.2 Å². The molecule has 7 heteroatoms. The summed E-state index contributed by atoms with van der Waals surface area (Å²) in [5.74, 6) is -0.0412. The molecular weight excluding hydrogens is 326 g/mol. The molecule has 2 rings (SSSR count). The lowest BCUT2D eigenvalue weighted by Crippen LogP contribution is -2.35. The van der Waals surface area contributed by atoms with Crippen molar-refractivity contribution in [2.45, 2.75) is 44.4 Å². The monoisotopic (exact) mass is 353 g/mol. The molecule has 1 heterocycles. The molecule has 1 amide bonds. The number of fused-ring (bicyclic) bond motifs is 1. The molecule has 0 spiro atoms. The van der Waals surface area contributed by atoms with Gasteiger partial charge in [-0.15, -0.1) is 0 Å². The molecule has 1 aliphatic rings. The maximum Gasteiger partial charge on any atom is 0.240 e. The molecule has 0 aromatic heterocycles. The Hall–Kier alpha value is -1.44. The summed E-state index contributed by atoms with van der Waals surface area (Å²) < 4.78 is 27.7. The third-order valence-electron chi connectivity index (χ3n) is 4.52. The first-order chi connectivity index (χ1) is 11.2. The molecule has 1 aliphatic heterocycles. The van der Waals surface area contributed by atoms with Gasteiger partial charge in [0, 0.05) is 30.6 Å². The Kier molecular flexibility index (Phi) is 5.67. The number of hydrogen-bond donors (Lipinski definition) is 2. The molecule has 0 unspecified atom stereocenters. The van der Waals surface area contributed by atoms with Gasteiger partial charge in [0.2, 0.25) is 15.9 Å².